The maximum Gasteiger partial charge on any atom is 0.0726 e. The Kier molecular flexibility index (Phi) is 8.50. The smallest absolute Gasteiger partial charge is 0.0726 e. The molecule has 1 heterocycles. The van der Waals surface area contributed by atoms with Gasteiger partial charge in [0.1, 0.15) is 0 Å². The summed E-state index contributed by atoms with van der Waals surface area (Å²) >= 11 is 0. The summed E-state index contributed by atoms with van der Waals surface area (Å²) in [5.41, 5.74) is 20.0. The maximum absolute atomic E-state index is 2.54. The number of hydrogen-bond donors (Lipinski definition) is 0. The third kappa shape index (κ3) is 5.47. The van der Waals surface area contributed by atoms with Crippen molar-refractivity contribution >= 4 is 66.7 Å². The molecule has 0 aliphatic heterocycles. The summed E-state index contributed by atoms with van der Waals surface area (Å²) in [4.78, 5) is 4.91. The summed E-state index contributed by atoms with van der Waals surface area (Å²) in [6.07, 6.45) is 0. The molecule has 14 rings (SSSR count). The largest absolute Gasteiger partial charge is 0.310 e. The first-order valence-electron chi connectivity index (χ1n) is 23.5. The molecule has 1 atom stereocenters. The summed E-state index contributed by atoms with van der Waals surface area (Å²) in [5, 5.41) is 4.85. The monoisotopic (exact) mass is 865 g/mol. The number of nitrogens with zero attached hydrogens (tertiary/aromatic N) is 3. The van der Waals surface area contributed by atoms with E-state index in [4.69, 9.17) is 0 Å². The zero-order valence-corrected chi connectivity index (χ0v) is 37.2. The van der Waals surface area contributed by atoms with Gasteiger partial charge >= 0.3 is 0 Å². The minimum Gasteiger partial charge on any atom is -0.310 e. The number of rotatable bonds is 7. The Morgan fingerprint density at radius 2 is 0.794 bits per heavy atom. The summed E-state index contributed by atoms with van der Waals surface area (Å²) in [7, 11) is 0. The number of hydrogen-bond acceptors (Lipinski definition) is 2. The molecule has 68 heavy (non-hydrogen) atoms. The van der Waals surface area contributed by atoms with Crippen molar-refractivity contribution in [1.82, 2.24) is 4.57 Å². The fourth-order valence-electron chi connectivity index (χ4n) is 11.8. The van der Waals surface area contributed by atoms with Crippen LogP contribution in [-0.4, -0.2) is 4.57 Å². The number of para-hydroxylation sites is 5. The summed E-state index contributed by atoms with van der Waals surface area (Å²) in [5.74, 6) is 0. The van der Waals surface area contributed by atoms with Gasteiger partial charge in [-0.25, -0.2) is 0 Å². The Bertz CT molecular complexity index is 3870. The lowest BCUT2D eigenvalue weighted by Crippen LogP contribution is -2.26. The van der Waals surface area contributed by atoms with E-state index in [2.05, 4.69) is 275 Å². The van der Waals surface area contributed by atoms with Crippen LogP contribution in [0.1, 0.15) is 22.3 Å². The molecule has 1 spiro atoms. The van der Waals surface area contributed by atoms with Gasteiger partial charge in [-0.2, -0.15) is 0 Å². The van der Waals surface area contributed by atoms with Crippen LogP contribution in [0.25, 0.3) is 60.5 Å². The molecule has 0 amide bonds. The first kappa shape index (κ1) is 38.4. The third-order valence-corrected chi connectivity index (χ3v) is 14.5. The van der Waals surface area contributed by atoms with Crippen LogP contribution < -0.4 is 9.80 Å². The zero-order chi connectivity index (χ0) is 44.8. The summed E-state index contributed by atoms with van der Waals surface area (Å²) in [6, 6.07) is 96.1. The Morgan fingerprint density at radius 3 is 1.50 bits per heavy atom. The predicted octanol–water partition coefficient (Wildman–Crippen LogP) is 17.2. The zero-order valence-electron chi connectivity index (χ0n) is 37.2. The van der Waals surface area contributed by atoms with Gasteiger partial charge in [-0.3, -0.25) is 0 Å². The molecular formula is C65H43N3. The van der Waals surface area contributed by atoms with E-state index in [1.165, 1.54) is 82.8 Å². The minimum atomic E-state index is -0.574. The van der Waals surface area contributed by atoms with Gasteiger partial charge in [0.15, 0.2) is 0 Å². The number of benzene rings is 11. The van der Waals surface area contributed by atoms with E-state index in [-0.39, 0.29) is 0 Å². The molecule has 0 N–H and O–H groups in total. The Balaban J connectivity index is 1.06. The molecule has 0 radical (unpaired) electrons. The molecule has 0 saturated heterocycles. The number of aromatic nitrogens is 1. The van der Waals surface area contributed by atoms with E-state index in [9.17, 15) is 0 Å². The van der Waals surface area contributed by atoms with Crippen LogP contribution in [0.5, 0.6) is 0 Å². The lowest BCUT2D eigenvalue weighted by atomic mass is 9.70. The van der Waals surface area contributed by atoms with E-state index in [1.807, 2.05) is 0 Å². The van der Waals surface area contributed by atoms with Gasteiger partial charge in [0.05, 0.1) is 22.1 Å². The van der Waals surface area contributed by atoms with E-state index in [0.29, 0.717) is 0 Å². The Hall–Kier alpha value is -8.92. The van der Waals surface area contributed by atoms with Gasteiger partial charge in [-0.05, 0) is 135 Å². The minimum absolute atomic E-state index is 0.574. The van der Waals surface area contributed by atoms with Gasteiger partial charge in [0.25, 0.3) is 0 Å². The molecule has 12 aromatic rings. The second-order valence-corrected chi connectivity index (χ2v) is 18.0. The maximum atomic E-state index is 2.54. The van der Waals surface area contributed by atoms with Crippen molar-refractivity contribution in [2.24, 2.45) is 0 Å². The highest BCUT2D eigenvalue weighted by molar-refractivity contribution is 6.14. The quantitative estimate of drug-likeness (QED) is 0.158. The molecule has 11 aromatic carbocycles. The van der Waals surface area contributed by atoms with Gasteiger partial charge in [-0.1, -0.05) is 170 Å². The van der Waals surface area contributed by atoms with Gasteiger partial charge in [-0.15, -0.1) is 0 Å². The molecule has 0 fully saturated rings. The molecule has 0 saturated carbocycles. The standard InChI is InChI=1S/C65H43N3/c1-5-22-45(23-6-1)66(46-24-7-2-8-25-46)49-37-39-59-55(42-49)52-31-15-18-34-57(52)65(59)58-35-19-16-33-54(58)63-60(65)41-44-21-13-14-30-51(44)64(63)67(47-26-9-3-10-27-47)50-38-40-62-56(43-50)53-32-17-20-36-61(53)68(62)48-28-11-4-12-29-48/h1-43H. The Morgan fingerprint density at radius 1 is 0.294 bits per heavy atom. The third-order valence-electron chi connectivity index (χ3n) is 14.5. The van der Waals surface area contributed by atoms with Crippen molar-refractivity contribution in [3.05, 3.63) is 283 Å². The van der Waals surface area contributed by atoms with E-state index in [1.54, 1.807) is 0 Å². The van der Waals surface area contributed by atoms with Gasteiger partial charge in [0.2, 0.25) is 0 Å². The van der Waals surface area contributed by atoms with Crippen molar-refractivity contribution in [2.45, 2.75) is 5.41 Å². The topological polar surface area (TPSA) is 11.4 Å². The first-order valence-corrected chi connectivity index (χ1v) is 23.5. The fourth-order valence-corrected chi connectivity index (χ4v) is 11.8. The van der Waals surface area contributed by atoms with E-state index >= 15 is 0 Å². The summed E-state index contributed by atoms with van der Waals surface area (Å²) < 4.78 is 2.40. The van der Waals surface area contributed by atoms with Crippen LogP contribution in [0.2, 0.25) is 0 Å². The first-order chi connectivity index (χ1) is 33.8. The second-order valence-electron chi connectivity index (χ2n) is 18.0. The van der Waals surface area contributed by atoms with Crippen molar-refractivity contribution in [1.29, 1.82) is 0 Å². The lowest BCUT2D eigenvalue weighted by Gasteiger charge is -2.33. The molecule has 1 aromatic heterocycles. The van der Waals surface area contributed by atoms with Crippen LogP contribution in [-0.2, 0) is 5.41 Å². The van der Waals surface area contributed by atoms with Crippen LogP contribution in [0.15, 0.2) is 261 Å². The van der Waals surface area contributed by atoms with Crippen LogP contribution >= 0.6 is 0 Å². The molecule has 1 unspecified atom stereocenters. The highest BCUT2D eigenvalue weighted by Crippen LogP contribution is 2.66. The molecular weight excluding hydrogens is 823 g/mol. The highest BCUT2D eigenvalue weighted by atomic mass is 15.2. The van der Waals surface area contributed by atoms with Crippen LogP contribution in [0.3, 0.4) is 0 Å². The molecule has 2 aliphatic carbocycles. The highest BCUT2D eigenvalue weighted by Gasteiger charge is 2.53. The van der Waals surface area contributed by atoms with Crippen LogP contribution in [0.4, 0.5) is 34.1 Å². The van der Waals surface area contributed by atoms with Crippen LogP contribution in [0, 0.1) is 0 Å². The molecule has 0 bridgehead atoms. The average molecular weight is 866 g/mol. The summed E-state index contributed by atoms with van der Waals surface area (Å²) in [6.45, 7) is 0. The molecule has 3 nitrogen and oxygen atoms in total. The van der Waals surface area contributed by atoms with E-state index in [0.717, 1.165) is 34.1 Å². The molecule has 318 valence electrons. The van der Waals surface area contributed by atoms with Crippen molar-refractivity contribution in [3.8, 4) is 27.9 Å². The van der Waals surface area contributed by atoms with Gasteiger partial charge < -0.3 is 14.4 Å². The Labute approximate surface area is 395 Å². The average Bonchev–Trinajstić information content (AvgIpc) is 4.01. The predicted molar refractivity (Wildman–Crippen MR) is 284 cm³/mol. The normalized spacial score (nSPS) is 14.2. The lowest BCUT2D eigenvalue weighted by molar-refractivity contribution is 0.795. The van der Waals surface area contributed by atoms with Crippen molar-refractivity contribution < 1.29 is 0 Å². The number of anilines is 6. The molecule has 2 aliphatic rings. The molecule has 3 heteroatoms. The fraction of sp³-hybridized carbons (Fsp3) is 0.0154. The van der Waals surface area contributed by atoms with Crippen molar-refractivity contribution in [2.75, 3.05) is 9.80 Å². The van der Waals surface area contributed by atoms with E-state index < -0.39 is 5.41 Å². The van der Waals surface area contributed by atoms with Gasteiger partial charge in [0, 0.05) is 55.8 Å². The second kappa shape index (κ2) is 15.1. The van der Waals surface area contributed by atoms with Crippen molar-refractivity contribution in [3.63, 3.8) is 0 Å². The SMILES string of the molecule is c1ccc(N(c2ccccc2)c2ccc3c(c2)-c2ccccc2C32c3ccccc3-c3c2cc2ccccc2c3N(c2ccccc2)c2ccc3c(c2)c2ccccc2n3-c2ccccc2)cc1. The number of fused-ring (bicyclic) bond motifs is 14.